The molecule has 2 aromatic rings. The maximum Gasteiger partial charge on any atom is 0.323 e. The predicted octanol–water partition coefficient (Wildman–Crippen LogP) is 4.81. The Morgan fingerprint density at radius 2 is 1.77 bits per heavy atom. The van der Waals surface area contributed by atoms with E-state index in [2.05, 4.69) is 14.9 Å². The Kier molecular flexibility index (Phi) is 11.1. The Labute approximate surface area is 264 Å². The molecule has 2 fully saturated rings. The Bertz CT molecular complexity index is 1290. The molecule has 2 saturated heterocycles. The molecule has 0 amide bonds. The van der Waals surface area contributed by atoms with Gasteiger partial charge in [-0.1, -0.05) is 48.9 Å². The average Bonchev–Trinajstić information content (AvgIpc) is 3.53. The number of likely N-dealkylation sites (tertiary alicyclic amines) is 2. The first-order chi connectivity index (χ1) is 21.4. The van der Waals surface area contributed by atoms with Crippen molar-refractivity contribution in [1.29, 1.82) is 0 Å². The van der Waals surface area contributed by atoms with Crippen molar-refractivity contribution in [3.05, 3.63) is 59.7 Å². The molecule has 0 radical (unpaired) electrons. The van der Waals surface area contributed by atoms with Crippen molar-refractivity contribution in [3.8, 4) is 17.8 Å². The van der Waals surface area contributed by atoms with E-state index in [1.807, 2.05) is 53.5 Å². The van der Waals surface area contributed by atoms with E-state index in [0.29, 0.717) is 25.1 Å². The van der Waals surface area contributed by atoms with Gasteiger partial charge in [-0.25, -0.2) is 0 Å². The van der Waals surface area contributed by atoms with Gasteiger partial charge in [0.1, 0.15) is 18.2 Å². The number of aliphatic carboxylic acids is 1. The zero-order valence-corrected chi connectivity index (χ0v) is 26.4. The van der Waals surface area contributed by atoms with Gasteiger partial charge in [0, 0.05) is 19.7 Å². The standard InChI is InChI=1S/C33H43ClN4O6/c1-41-29-26(22-38-20-10-15-27(38)31(39)40)30(42-2)36-32(35-29)43-23-33(44-21-11-19-37-17-7-4-8-18-37)16-9-14-25(28(33)34)24-12-5-3-6-13-24/h3,5-6,9,12-14,16,27-28H,4,7-8,10-11,15,17-23H2,1-2H3,(H,39,40)/t27-,28?,33?/m0/s1. The van der Waals surface area contributed by atoms with Crippen molar-refractivity contribution < 1.29 is 28.8 Å². The van der Waals surface area contributed by atoms with E-state index in [-0.39, 0.29) is 30.9 Å². The third-order valence-corrected chi connectivity index (χ3v) is 9.24. The first-order valence-electron chi connectivity index (χ1n) is 15.5. The molecule has 1 N–H and O–H groups in total. The van der Waals surface area contributed by atoms with Crippen LogP contribution in [0.5, 0.6) is 17.8 Å². The molecule has 2 aliphatic heterocycles. The molecule has 238 valence electrons. The number of hydrogen-bond acceptors (Lipinski definition) is 9. The lowest BCUT2D eigenvalue weighted by molar-refractivity contribution is -0.142. The van der Waals surface area contributed by atoms with Crippen molar-refractivity contribution in [1.82, 2.24) is 19.8 Å². The summed E-state index contributed by atoms with van der Waals surface area (Å²) < 4.78 is 24.1. The Hall–Kier alpha value is -3.18. The summed E-state index contributed by atoms with van der Waals surface area (Å²) in [6.45, 7) is 4.77. The van der Waals surface area contributed by atoms with Gasteiger partial charge in [0.25, 0.3) is 0 Å². The summed E-state index contributed by atoms with van der Waals surface area (Å²) >= 11 is 7.23. The normalized spacial score (nSPS) is 24.2. The van der Waals surface area contributed by atoms with Gasteiger partial charge in [-0.15, -0.1) is 11.6 Å². The number of rotatable bonds is 14. The van der Waals surface area contributed by atoms with E-state index in [4.69, 9.17) is 30.5 Å². The minimum absolute atomic E-state index is 0.0584. The summed E-state index contributed by atoms with van der Waals surface area (Å²) in [5, 5.41) is 9.11. The molecule has 10 nitrogen and oxygen atoms in total. The molecule has 0 spiro atoms. The molecular weight excluding hydrogens is 584 g/mol. The summed E-state index contributed by atoms with van der Waals surface area (Å²) in [5.74, 6) is -0.306. The van der Waals surface area contributed by atoms with E-state index in [1.165, 1.54) is 33.5 Å². The zero-order chi connectivity index (χ0) is 30.9. The SMILES string of the molecule is COc1nc(OCC2(OCCCN3CCCCC3)C=CC=C(c3ccccc3)C2Cl)nc(OC)c1CN1CCC[C@H]1C(=O)O. The van der Waals surface area contributed by atoms with Gasteiger partial charge in [0.15, 0.2) is 0 Å². The summed E-state index contributed by atoms with van der Waals surface area (Å²) in [4.78, 5) is 25.2. The molecule has 3 atom stereocenters. The van der Waals surface area contributed by atoms with Gasteiger partial charge >= 0.3 is 12.0 Å². The number of carboxylic acid groups (broad SMARTS) is 1. The van der Waals surface area contributed by atoms with Crippen LogP contribution in [0.3, 0.4) is 0 Å². The number of alkyl halides is 1. The summed E-state index contributed by atoms with van der Waals surface area (Å²) in [7, 11) is 3.02. The third kappa shape index (κ3) is 7.54. The fraction of sp³-hybridized carbons (Fsp3) is 0.545. The molecule has 44 heavy (non-hydrogen) atoms. The molecule has 1 aliphatic carbocycles. The Morgan fingerprint density at radius 3 is 2.45 bits per heavy atom. The first-order valence-corrected chi connectivity index (χ1v) is 15.9. The van der Waals surface area contributed by atoms with Crippen molar-refractivity contribution in [3.63, 3.8) is 0 Å². The zero-order valence-electron chi connectivity index (χ0n) is 25.6. The van der Waals surface area contributed by atoms with Crippen LogP contribution in [0.2, 0.25) is 0 Å². The van der Waals surface area contributed by atoms with Gasteiger partial charge in [-0.2, -0.15) is 9.97 Å². The summed E-state index contributed by atoms with van der Waals surface area (Å²) in [6.07, 6.45) is 12.0. The Morgan fingerprint density at radius 1 is 1.05 bits per heavy atom. The fourth-order valence-electron chi connectivity index (χ4n) is 6.28. The molecule has 3 heterocycles. The lowest BCUT2D eigenvalue weighted by atomic mass is 9.86. The van der Waals surface area contributed by atoms with Gasteiger partial charge in [0.05, 0.1) is 25.2 Å². The number of allylic oxidation sites excluding steroid dienone is 2. The number of carboxylic acids is 1. The second-order valence-electron chi connectivity index (χ2n) is 11.5. The maximum absolute atomic E-state index is 11.8. The minimum Gasteiger partial charge on any atom is -0.481 e. The highest BCUT2D eigenvalue weighted by Gasteiger charge is 2.42. The van der Waals surface area contributed by atoms with Gasteiger partial charge in [0.2, 0.25) is 11.8 Å². The van der Waals surface area contributed by atoms with E-state index < -0.39 is 23.0 Å². The van der Waals surface area contributed by atoms with Crippen LogP contribution in [0.4, 0.5) is 0 Å². The lowest BCUT2D eigenvalue weighted by Crippen LogP contribution is -2.48. The molecule has 1 aromatic carbocycles. The van der Waals surface area contributed by atoms with Crippen LogP contribution in [0.1, 0.15) is 49.7 Å². The van der Waals surface area contributed by atoms with Crippen molar-refractivity contribution >= 4 is 23.1 Å². The number of piperidine rings is 1. The van der Waals surface area contributed by atoms with Crippen LogP contribution in [-0.2, 0) is 16.1 Å². The second kappa shape index (κ2) is 15.2. The monoisotopic (exact) mass is 626 g/mol. The molecule has 5 rings (SSSR count). The van der Waals surface area contributed by atoms with Crippen LogP contribution < -0.4 is 14.2 Å². The van der Waals surface area contributed by atoms with Crippen molar-refractivity contribution in [2.24, 2.45) is 0 Å². The average molecular weight is 627 g/mol. The maximum atomic E-state index is 11.8. The number of methoxy groups -OCH3 is 2. The van der Waals surface area contributed by atoms with Crippen LogP contribution in [0, 0.1) is 0 Å². The number of halogens is 1. The molecule has 0 bridgehead atoms. The first kappa shape index (κ1) is 32.2. The van der Waals surface area contributed by atoms with Crippen LogP contribution >= 0.6 is 11.6 Å². The number of aromatic nitrogens is 2. The highest BCUT2D eigenvalue weighted by atomic mass is 35.5. The minimum atomic E-state index is -0.976. The van der Waals surface area contributed by atoms with Crippen molar-refractivity contribution in [2.75, 3.05) is 53.6 Å². The largest absolute Gasteiger partial charge is 0.481 e. The quantitative estimate of drug-likeness (QED) is 0.232. The number of benzene rings is 1. The van der Waals surface area contributed by atoms with Crippen LogP contribution in [0.25, 0.3) is 5.57 Å². The molecular formula is C33H43ClN4O6. The van der Waals surface area contributed by atoms with Crippen LogP contribution in [0.15, 0.2) is 48.6 Å². The second-order valence-corrected chi connectivity index (χ2v) is 12.0. The molecule has 1 aromatic heterocycles. The molecule has 11 heteroatoms. The number of nitrogens with zero attached hydrogens (tertiary/aromatic N) is 4. The van der Waals surface area contributed by atoms with E-state index in [1.54, 1.807) is 0 Å². The van der Waals surface area contributed by atoms with E-state index in [0.717, 1.165) is 43.6 Å². The van der Waals surface area contributed by atoms with E-state index >= 15 is 0 Å². The van der Waals surface area contributed by atoms with E-state index in [9.17, 15) is 9.90 Å². The molecule has 3 aliphatic rings. The highest BCUT2D eigenvalue weighted by molar-refractivity contribution is 6.28. The molecule has 0 saturated carbocycles. The highest BCUT2D eigenvalue weighted by Crippen LogP contribution is 2.38. The molecule has 2 unspecified atom stereocenters. The topological polar surface area (TPSA) is 106 Å². The number of carbonyl (C=O) groups is 1. The van der Waals surface area contributed by atoms with Crippen molar-refractivity contribution in [2.45, 2.75) is 62.1 Å². The number of hydrogen-bond donors (Lipinski definition) is 1. The summed E-state index contributed by atoms with van der Waals surface area (Å²) in [6, 6.07) is 9.52. The fourth-order valence-corrected chi connectivity index (χ4v) is 6.67. The number of ether oxygens (including phenoxy) is 4. The van der Waals surface area contributed by atoms with Gasteiger partial charge < -0.3 is 29.0 Å². The van der Waals surface area contributed by atoms with Gasteiger partial charge in [-0.05, 0) is 69.0 Å². The third-order valence-electron chi connectivity index (χ3n) is 8.64. The van der Waals surface area contributed by atoms with Crippen LogP contribution in [-0.4, -0.2) is 101 Å². The predicted molar refractivity (Wildman–Crippen MR) is 168 cm³/mol. The Balaban J connectivity index is 1.34. The lowest BCUT2D eigenvalue weighted by Gasteiger charge is -2.38. The smallest absolute Gasteiger partial charge is 0.323 e. The summed E-state index contributed by atoms with van der Waals surface area (Å²) in [5.41, 5.74) is 1.56. The van der Waals surface area contributed by atoms with Gasteiger partial charge in [-0.3, -0.25) is 9.69 Å².